The Morgan fingerprint density at radius 1 is 1.04 bits per heavy atom. The van der Waals surface area contributed by atoms with Crippen LogP contribution in [-0.4, -0.2) is 16.1 Å². The van der Waals surface area contributed by atoms with Gasteiger partial charge < -0.3 is 20.7 Å². The summed E-state index contributed by atoms with van der Waals surface area (Å²) in [6.45, 7) is 0. The topological polar surface area (TPSA) is 111 Å². The molecule has 0 aliphatic heterocycles. The number of aromatic nitrogens is 1. The van der Waals surface area contributed by atoms with Crippen LogP contribution in [0, 0.1) is 0 Å². The molecule has 3 aromatic rings. The first kappa shape index (κ1) is 18.2. The smallest absolute Gasteiger partial charge is 0.323 e. The van der Waals surface area contributed by atoms with Gasteiger partial charge in [0.15, 0.2) is 5.75 Å². The number of para-hydroxylation sites is 1. The van der Waals surface area contributed by atoms with Crippen LogP contribution in [0.25, 0.3) is 10.9 Å². The van der Waals surface area contributed by atoms with E-state index in [4.69, 9.17) is 0 Å². The van der Waals surface area contributed by atoms with Crippen LogP contribution >= 0.6 is 31.9 Å². The van der Waals surface area contributed by atoms with Crippen LogP contribution in [0.5, 0.6) is 5.75 Å². The Hall–Kier alpha value is -2.65. The summed E-state index contributed by atoms with van der Waals surface area (Å²) in [7, 11) is 0. The highest BCUT2D eigenvalue weighted by molar-refractivity contribution is 9.11. The number of aromatic amines is 1. The van der Waals surface area contributed by atoms with Gasteiger partial charge in [-0.15, -0.1) is 0 Å². The highest BCUT2D eigenvalue weighted by Crippen LogP contribution is 2.28. The first-order valence-electron chi connectivity index (χ1n) is 7.28. The fourth-order valence-electron chi connectivity index (χ4n) is 2.31. The minimum Gasteiger partial charge on any atom is -0.505 e. The standard InChI is InChI=1S/C17H11Br2N3O4/c18-8-5-6-12(10(19)7-8)21-17(26)22-13-14(23)9-3-1-2-4-11(9)20-16(25)15(13)24/h1-7H,(H4,20,21,22,23,24,25,26). The van der Waals surface area contributed by atoms with E-state index in [1.807, 2.05) is 0 Å². The summed E-state index contributed by atoms with van der Waals surface area (Å²) < 4.78 is 1.42. The zero-order valence-corrected chi connectivity index (χ0v) is 16.1. The predicted octanol–water partition coefficient (Wildman–Crippen LogP) is 3.76. The minimum atomic E-state index is -1.05. The quantitative estimate of drug-likeness (QED) is 0.418. The molecule has 1 heterocycles. The van der Waals surface area contributed by atoms with E-state index in [1.165, 1.54) is 6.07 Å². The zero-order valence-electron chi connectivity index (χ0n) is 13.0. The van der Waals surface area contributed by atoms with E-state index in [2.05, 4.69) is 47.5 Å². The van der Waals surface area contributed by atoms with Gasteiger partial charge in [0.1, 0.15) is 5.69 Å². The molecule has 0 radical (unpaired) electrons. The summed E-state index contributed by atoms with van der Waals surface area (Å²) in [4.78, 5) is 38.9. The summed E-state index contributed by atoms with van der Waals surface area (Å²) in [5, 5.41) is 15.4. The SMILES string of the molecule is O=C(Nc1ccc(Br)cc1Br)Nc1c(O)c2ccccc2[nH]c(=O)c1=O. The molecule has 2 amide bonds. The van der Waals surface area contributed by atoms with Crippen molar-refractivity contribution in [2.24, 2.45) is 0 Å². The van der Waals surface area contributed by atoms with Crippen molar-refractivity contribution in [2.45, 2.75) is 0 Å². The third-order valence-corrected chi connectivity index (χ3v) is 4.67. The molecular weight excluding hydrogens is 470 g/mol. The Balaban J connectivity index is 2.02. The molecule has 0 spiro atoms. The minimum absolute atomic E-state index is 0.229. The van der Waals surface area contributed by atoms with Crippen LogP contribution < -0.4 is 21.6 Å². The van der Waals surface area contributed by atoms with Crippen molar-refractivity contribution in [3.8, 4) is 5.75 Å². The highest BCUT2D eigenvalue weighted by Gasteiger charge is 2.15. The molecule has 7 nitrogen and oxygen atoms in total. The monoisotopic (exact) mass is 479 g/mol. The van der Waals surface area contributed by atoms with Gasteiger partial charge in [0.2, 0.25) is 0 Å². The largest absolute Gasteiger partial charge is 0.505 e. The van der Waals surface area contributed by atoms with Gasteiger partial charge in [0.05, 0.1) is 11.2 Å². The van der Waals surface area contributed by atoms with Crippen LogP contribution in [0.1, 0.15) is 0 Å². The normalized spacial score (nSPS) is 10.5. The molecule has 0 fully saturated rings. The molecule has 0 aliphatic carbocycles. The number of hydrogen-bond donors (Lipinski definition) is 4. The Morgan fingerprint density at radius 2 is 1.77 bits per heavy atom. The van der Waals surface area contributed by atoms with E-state index >= 15 is 0 Å². The van der Waals surface area contributed by atoms with Crippen molar-refractivity contribution in [1.82, 2.24) is 4.98 Å². The number of hydrogen-bond acceptors (Lipinski definition) is 4. The Labute approximate surface area is 163 Å². The molecule has 2 aromatic carbocycles. The number of rotatable bonds is 2. The molecule has 0 unspecified atom stereocenters. The predicted molar refractivity (Wildman–Crippen MR) is 107 cm³/mol. The number of aromatic hydroxyl groups is 1. The summed E-state index contributed by atoms with van der Waals surface area (Å²) in [6, 6.07) is 10.6. The number of benzene rings is 2. The average molecular weight is 481 g/mol. The molecular formula is C17H11Br2N3O4. The third-order valence-electron chi connectivity index (χ3n) is 3.52. The molecule has 4 N–H and O–H groups in total. The van der Waals surface area contributed by atoms with Gasteiger partial charge in [0, 0.05) is 14.3 Å². The van der Waals surface area contributed by atoms with Gasteiger partial charge in [-0.2, -0.15) is 0 Å². The number of H-pyrrole nitrogens is 1. The van der Waals surface area contributed by atoms with Crippen molar-refractivity contribution in [3.63, 3.8) is 0 Å². The summed E-state index contributed by atoms with van der Waals surface area (Å²) in [6.07, 6.45) is 0. The van der Waals surface area contributed by atoms with E-state index in [0.29, 0.717) is 10.2 Å². The molecule has 1 aromatic heterocycles. The fourth-order valence-corrected chi connectivity index (χ4v) is 3.45. The van der Waals surface area contributed by atoms with Crippen LogP contribution in [0.2, 0.25) is 0 Å². The van der Waals surface area contributed by atoms with E-state index in [9.17, 15) is 19.5 Å². The maximum atomic E-state index is 12.3. The number of amides is 2. The van der Waals surface area contributed by atoms with Crippen molar-refractivity contribution in [2.75, 3.05) is 10.6 Å². The molecule has 0 aliphatic rings. The molecule has 9 heteroatoms. The summed E-state index contributed by atoms with van der Waals surface area (Å²) in [5.74, 6) is -0.492. The summed E-state index contributed by atoms with van der Waals surface area (Å²) >= 11 is 6.60. The third kappa shape index (κ3) is 3.63. The molecule has 26 heavy (non-hydrogen) atoms. The van der Waals surface area contributed by atoms with Gasteiger partial charge in [-0.1, -0.05) is 28.1 Å². The van der Waals surface area contributed by atoms with E-state index < -0.39 is 28.5 Å². The van der Waals surface area contributed by atoms with Crippen molar-refractivity contribution in [3.05, 3.63) is 72.0 Å². The first-order chi connectivity index (χ1) is 12.4. The van der Waals surface area contributed by atoms with Gasteiger partial charge in [-0.05, 0) is 46.3 Å². The molecule has 0 saturated heterocycles. The molecule has 132 valence electrons. The Morgan fingerprint density at radius 3 is 2.50 bits per heavy atom. The van der Waals surface area contributed by atoms with E-state index in [-0.39, 0.29) is 10.9 Å². The number of carbonyl (C=O) groups excluding carboxylic acids is 1. The summed E-state index contributed by atoms with van der Waals surface area (Å²) in [5.41, 5.74) is -1.79. The van der Waals surface area contributed by atoms with Crippen molar-refractivity contribution in [1.29, 1.82) is 0 Å². The fraction of sp³-hybridized carbons (Fsp3) is 0. The molecule has 0 atom stereocenters. The second-order valence-electron chi connectivity index (χ2n) is 5.26. The second kappa shape index (κ2) is 7.30. The maximum Gasteiger partial charge on any atom is 0.323 e. The first-order valence-corrected chi connectivity index (χ1v) is 8.87. The number of nitrogens with one attached hydrogen (secondary N) is 3. The number of carbonyl (C=O) groups is 1. The van der Waals surface area contributed by atoms with Crippen LogP contribution in [0.3, 0.4) is 0 Å². The lowest BCUT2D eigenvalue weighted by atomic mass is 10.2. The van der Waals surface area contributed by atoms with Gasteiger partial charge in [-0.3, -0.25) is 9.59 Å². The van der Waals surface area contributed by atoms with E-state index in [1.54, 1.807) is 36.4 Å². The highest BCUT2D eigenvalue weighted by atomic mass is 79.9. The lowest BCUT2D eigenvalue weighted by Gasteiger charge is -2.09. The second-order valence-corrected chi connectivity index (χ2v) is 7.03. The van der Waals surface area contributed by atoms with Gasteiger partial charge in [0.25, 0.3) is 11.0 Å². The van der Waals surface area contributed by atoms with Gasteiger partial charge >= 0.3 is 6.03 Å². The van der Waals surface area contributed by atoms with E-state index in [0.717, 1.165) is 4.47 Å². The Bertz CT molecular complexity index is 1140. The Kier molecular flexibility index (Phi) is 5.10. The van der Waals surface area contributed by atoms with Crippen molar-refractivity contribution >= 4 is 60.2 Å². The zero-order chi connectivity index (χ0) is 18.8. The van der Waals surface area contributed by atoms with Crippen LogP contribution in [0.15, 0.2) is 61.0 Å². The maximum absolute atomic E-state index is 12.3. The van der Waals surface area contributed by atoms with Gasteiger partial charge in [-0.25, -0.2) is 4.79 Å². The molecule has 0 saturated carbocycles. The average Bonchev–Trinajstić information content (AvgIpc) is 2.69. The number of anilines is 2. The van der Waals surface area contributed by atoms with Crippen LogP contribution in [-0.2, 0) is 0 Å². The molecule has 3 rings (SSSR count). The van der Waals surface area contributed by atoms with Crippen molar-refractivity contribution < 1.29 is 9.90 Å². The number of urea groups is 1. The number of halogens is 2. The number of fused-ring (bicyclic) bond motifs is 1. The lowest BCUT2D eigenvalue weighted by Crippen LogP contribution is -2.30. The lowest BCUT2D eigenvalue weighted by molar-refractivity contribution is 0.262. The van der Waals surface area contributed by atoms with Crippen LogP contribution in [0.4, 0.5) is 16.2 Å². The molecule has 0 bridgehead atoms.